The van der Waals surface area contributed by atoms with Gasteiger partial charge in [0.15, 0.2) is 5.69 Å². The number of nitrogens with zero attached hydrogens (tertiary/aromatic N) is 3. The van der Waals surface area contributed by atoms with Crippen molar-refractivity contribution in [3.05, 3.63) is 18.0 Å². The molecule has 0 bridgehead atoms. The number of morpholine rings is 1. The predicted molar refractivity (Wildman–Crippen MR) is 61.2 cm³/mol. The van der Waals surface area contributed by atoms with Crippen LogP contribution in [0.15, 0.2) is 12.3 Å². The van der Waals surface area contributed by atoms with Crippen molar-refractivity contribution in [1.82, 2.24) is 9.97 Å². The van der Waals surface area contributed by atoms with E-state index in [1.54, 1.807) is 0 Å². The molecule has 1 saturated heterocycles. The largest absolute Gasteiger partial charge is 0.477 e. The van der Waals surface area contributed by atoms with E-state index < -0.39 is 5.97 Å². The van der Waals surface area contributed by atoms with E-state index in [1.807, 2.05) is 18.7 Å². The second-order valence-electron chi connectivity index (χ2n) is 4.19. The Morgan fingerprint density at radius 3 is 3.06 bits per heavy atom. The van der Waals surface area contributed by atoms with Gasteiger partial charge in [-0.2, -0.15) is 0 Å². The summed E-state index contributed by atoms with van der Waals surface area (Å²) in [5, 5.41) is 8.89. The van der Waals surface area contributed by atoms with Crippen LogP contribution < -0.4 is 4.90 Å². The SMILES string of the molecule is CC1CN(c2nccc(C(=O)O)n2)C(C)CO1. The van der Waals surface area contributed by atoms with Crippen LogP contribution in [-0.2, 0) is 4.74 Å². The quantitative estimate of drug-likeness (QED) is 0.819. The predicted octanol–water partition coefficient (Wildman–Crippen LogP) is 0.788. The Kier molecular flexibility index (Phi) is 3.23. The van der Waals surface area contributed by atoms with Crippen molar-refractivity contribution in [2.24, 2.45) is 0 Å². The van der Waals surface area contributed by atoms with Crippen molar-refractivity contribution in [1.29, 1.82) is 0 Å². The summed E-state index contributed by atoms with van der Waals surface area (Å²) < 4.78 is 5.51. The normalized spacial score (nSPS) is 24.7. The van der Waals surface area contributed by atoms with Crippen molar-refractivity contribution in [3.63, 3.8) is 0 Å². The van der Waals surface area contributed by atoms with Crippen LogP contribution in [0.1, 0.15) is 24.3 Å². The van der Waals surface area contributed by atoms with Gasteiger partial charge in [0, 0.05) is 12.7 Å². The third-order valence-corrected chi connectivity index (χ3v) is 2.73. The van der Waals surface area contributed by atoms with Crippen molar-refractivity contribution in [3.8, 4) is 0 Å². The molecule has 0 saturated carbocycles. The first-order valence-corrected chi connectivity index (χ1v) is 5.52. The summed E-state index contributed by atoms with van der Waals surface area (Å²) in [6, 6.07) is 1.54. The van der Waals surface area contributed by atoms with Gasteiger partial charge in [-0.05, 0) is 19.9 Å². The molecule has 2 rings (SSSR count). The number of aromatic nitrogens is 2. The lowest BCUT2D eigenvalue weighted by atomic mass is 10.2. The first-order chi connectivity index (χ1) is 8.08. The lowest BCUT2D eigenvalue weighted by Crippen LogP contribution is -2.48. The van der Waals surface area contributed by atoms with Crippen molar-refractivity contribution in [2.75, 3.05) is 18.1 Å². The molecule has 1 aliphatic heterocycles. The highest BCUT2D eigenvalue weighted by atomic mass is 16.5. The number of ether oxygens (including phenoxy) is 1. The monoisotopic (exact) mass is 237 g/mol. The van der Waals surface area contributed by atoms with Gasteiger partial charge in [-0.3, -0.25) is 0 Å². The van der Waals surface area contributed by atoms with Crippen LogP contribution in [-0.4, -0.2) is 46.3 Å². The average Bonchev–Trinajstić information content (AvgIpc) is 2.32. The lowest BCUT2D eigenvalue weighted by molar-refractivity contribution is 0.0336. The molecule has 2 heterocycles. The van der Waals surface area contributed by atoms with E-state index in [0.29, 0.717) is 19.1 Å². The average molecular weight is 237 g/mol. The molecule has 0 radical (unpaired) electrons. The van der Waals surface area contributed by atoms with Crippen LogP contribution in [0, 0.1) is 0 Å². The zero-order valence-electron chi connectivity index (χ0n) is 9.83. The zero-order valence-corrected chi connectivity index (χ0v) is 9.83. The number of carboxylic acid groups (broad SMARTS) is 1. The van der Waals surface area contributed by atoms with E-state index in [-0.39, 0.29) is 17.8 Å². The summed E-state index contributed by atoms with van der Waals surface area (Å²) >= 11 is 0. The van der Waals surface area contributed by atoms with E-state index in [4.69, 9.17) is 9.84 Å². The molecule has 2 atom stereocenters. The molecule has 6 heteroatoms. The fourth-order valence-corrected chi connectivity index (χ4v) is 1.79. The molecule has 92 valence electrons. The number of carboxylic acids is 1. The highest BCUT2D eigenvalue weighted by Gasteiger charge is 2.25. The topological polar surface area (TPSA) is 75.6 Å². The van der Waals surface area contributed by atoms with E-state index in [2.05, 4.69) is 9.97 Å². The van der Waals surface area contributed by atoms with Gasteiger partial charge in [-0.25, -0.2) is 14.8 Å². The number of rotatable bonds is 2. The van der Waals surface area contributed by atoms with Crippen LogP contribution in [0.3, 0.4) is 0 Å². The molecule has 1 aromatic rings. The Morgan fingerprint density at radius 2 is 2.35 bits per heavy atom. The Hall–Kier alpha value is -1.69. The maximum Gasteiger partial charge on any atom is 0.354 e. The Balaban J connectivity index is 2.26. The molecule has 1 aromatic heterocycles. The summed E-state index contributed by atoms with van der Waals surface area (Å²) in [5.41, 5.74) is 0.0151. The minimum absolute atomic E-state index is 0.0151. The number of aromatic carboxylic acids is 1. The maximum atomic E-state index is 10.8. The standard InChI is InChI=1S/C11H15N3O3/c1-7-6-17-8(2)5-14(7)11-12-4-3-9(13-11)10(15)16/h3-4,7-8H,5-6H2,1-2H3,(H,15,16). The third kappa shape index (κ3) is 2.52. The van der Waals surface area contributed by atoms with Gasteiger partial charge in [0.2, 0.25) is 5.95 Å². The van der Waals surface area contributed by atoms with Gasteiger partial charge >= 0.3 is 5.97 Å². The number of anilines is 1. The maximum absolute atomic E-state index is 10.8. The fraction of sp³-hybridized carbons (Fsp3) is 0.545. The molecule has 1 N–H and O–H groups in total. The summed E-state index contributed by atoms with van der Waals surface area (Å²) in [6.45, 7) is 5.24. The molecule has 17 heavy (non-hydrogen) atoms. The Morgan fingerprint density at radius 1 is 1.59 bits per heavy atom. The summed E-state index contributed by atoms with van der Waals surface area (Å²) in [4.78, 5) is 21.0. The van der Waals surface area contributed by atoms with Gasteiger partial charge in [-0.15, -0.1) is 0 Å². The molecule has 0 aromatic carbocycles. The van der Waals surface area contributed by atoms with E-state index in [1.165, 1.54) is 12.3 Å². The highest BCUT2D eigenvalue weighted by Crippen LogP contribution is 2.17. The first-order valence-electron chi connectivity index (χ1n) is 5.52. The van der Waals surface area contributed by atoms with E-state index >= 15 is 0 Å². The van der Waals surface area contributed by atoms with E-state index in [0.717, 1.165) is 0 Å². The summed E-state index contributed by atoms with van der Waals surface area (Å²) in [7, 11) is 0. The molecule has 0 spiro atoms. The molecule has 0 amide bonds. The van der Waals surface area contributed by atoms with Gasteiger partial charge in [0.1, 0.15) is 0 Å². The Labute approximate surface area is 99.2 Å². The fourth-order valence-electron chi connectivity index (χ4n) is 1.79. The number of carbonyl (C=O) groups is 1. The molecule has 6 nitrogen and oxygen atoms in total. The van der Waals surface area contributed by atoms with Crippen LogP contribution in [0.25, 0.3) is 0 Å². The van der Waals surface area contributed by atoms with Gasteiger partial charge in [0.05, 0.1) is 18.8 Å². The van der Waals surface area contributed by atoms with Gasteiger partial charge in [-0.1, -0.05) is 0 Å². The second kappa shape index (κ2) is 4.67. The first kappa shape index (κ1) is 11.8. The Bertz CT molecular complexity index is 424. The number of hydrogen-bond acceptors (Lipinski definition) is 5. The highest BCUT2D eigenvalue weighted by molar-refractivity contribution is 5.85. The molecular formula is C11H15N3O3. The van der Waals surface area contributed by atoms with Crippen molar-refractivity contribution < 1.29 is 14.6 Å². The minimum atomic E-state index is -1.04. The van der Waals surface area contributed by atoms with Crippen molar-refractivity contribution >= 4 is 11.9 Å². The van der Waals surface area contributed by atoms with Crippen LogP contribution in [0.4, 0.5) is 5.95 Å². The van der Waals surface area contributed by atoms with Crippen LogP contribution in [0.5, 0.6) is 0 Å². The molecule has 0 aliphatic carbocycles. The van der Waals surface area contributed by atoms with Crippen molar-refractivity contribution in [2.45, 2.75) is 26.0 Å². The van der Waals surface area contributed by atoms with Crippen LogP contribution in [0.2, 0.25) is 0 Å². The molecule has 1 fully saturated rings. The molecule has 2 unspecified atom stereocenters. The van der Waals surface area contributed by atoms with Crippen LogP contribution >= 0.6 is 0 Å². The number of hydrogen-bond donors (Lipinski definition) is 1. The van der Waals surface area contributed by atoms with Gasteiger partial charge in [0.25, 0.3) is 0 Å². The zero-order chi connectivity index (χ0) is 12.4. The van der Waals surface area contributed by atoms with E-state index in [9.17, 15) is 4.79 Å². The minimum Gasteiger partial charge on any atom is -0.477 e. The van der Waals surface area contributed by atoms with Gasteiger partial charge < -0.3 is 14.7 Å². The third-order valence-electron chi connectivity index (χ3n) is 2.73. The lowest BCUT2D eigenvalue weighted by Gasteiger charge is -2.36. The second-order valence-corrected chi connectivity index (χ2v) is 4.19. The summed E-state index contributed by atoms with van der Waals surface area (Å²) in [6.07, 6.45) is 1.57. The smallest absolute Gasteiger partial charge is 0.354 e. The molecule has 1 aliphatic rings. The summed E-state index contributed by atoms with van der Waals surface area (Å²) in [5.74, 6) is -0.588. The molecular weight excluding hydrogens is 222 g/mol.